The summed E-state index contributed by atoms with van der Waals surface area (Å²) in [4.78, 5) is 4.39. The number of benzene rings is 1. The Labute approximate surface area is 112 Å². The molecule has 19 heavy (non-hydrogen) atoms. The number of nitriles is 1. The van der Waals surface area contributed by atoms with Crippen LogP contribution in [0.25, 0.3) is 11.0 Å². The minimum Gasteiger partial charge on any atom is -0.369 e. The van der Waals surface area contributed by atoms with Crippen LogP contribution >= 0.6 is 0 Å². The van der Waals surface area contributed by atoms with Crippen LogP contribution in [-0.2, 0) is 6.54 Å². The lowest BCUT2D eigenvalue weighted by atomic mass is 9.98. The van der Waals surface area contributed by atoms with E-state index in [4.69, 9.17) is 11.0 Å². The number of rotatable bonds is 2. The molecule has 1 fully saturated rings. The lowest BCUT2D eigenvalue weighted by Crippen LogP contribution is -2.14. The van der Waals surface area contributed by atoms with Gasteiger partial charge >= 0.3 is 0 Å². The summed E-state index contributed by atoms with van der Waals surface area (Å²) < 4.78 is 2.07. The van der Waals surface area contributed by atoms with Crippen LogP contribution < -0.4 is 5.73 Å². The van der Waals surface area contributed by atoms with E-state index in [0.29, 0.717) is 17.4 Å². The number of hydrogen-bond acceptors (Lipinski definition) is 3. The second kappa shape index (κ2) is 4.58. The Hall–Kier alpha value is -2.02. The molecule has 2 unspecified atom stereocenters. The first kappa shape index (κ1) is 12.0. The van der Waals surface area contributed by atoms with Crippen molar-refractivity contribution in [3.8, 4) is 6.07 Å². The van der Waals surface area contributed by atoms with Crippen molar-refractivity contribution >= 4 is 17.0 Å². The van der Waals surface area contributed by atoms with Crippen LogP contribution in [0.3, 0.4) is 0 Å². The SMILES string of the molecule is CC1CCCC1Cn1c(N)nc2ccc(C#N)cc21. The van der Waals surface area contributed by atoms with Crippen molar-refractivity contribution in [2.75, 3.05) is 5.73 Å². The summed E-state index contributed by atoms with van der Waals surface area (Å²) in [6.07, 6.45) is 3.88. The van der Waals surface area contributed by atoms with E-state index < -0.39 is 0 Å². The first-order valence-electron chi connectivity index (χ1n) is 6.85. The molecule has 0 radical (unpaired) electrons. The Morgan fingerprint density at radius 2 is 2.32 bits per heavy atom. The summed E-state index contributed by atoms with van der Waals surface area (Å²) in [6.45, 7) is 3.23. The van der Waals surface area contributed by atoms with Gasteiger partial charge in [0, 0.05) is 6.54 Å². The standard InChI is InChI=1S/C15H18N4/c1-10-3-2-4-12(10)9-19-14-7-11(8-16)5-6-13(14)18-15(19)17/h5-7,10,12H,2-4,9H2,1H3,(H2,17,18). The second-order valence-corrected chi connectivity index (χ2v) is 5.56. The van der Waals surface area contributed by atoms with E-state index in [1.54, 1.807) is 6.07 Å². The topological polar surface area (TPSA) is 67.6 Å². The molecule has 2 N–H and O–H groups in total. The van der Waals surface area contributed by atoms with E-state index in [1.165, 1.54) is 19.3 Å². The van der Waals surface area contributed by atoms with Crippen molar-refractivity contribution in [1.82, 2.24) is 9.55 Å². The molecule has 1 aliphatic rings. The maximum Gasteiger partial charge on any atom is 0.201 e. The fourth-order valence-corrected chi connectivity index (χ4v) is 3.13. The lowest BCUT2D eigenvalue weighted by Gasteiger charge is -2.17. The third kappa shape index (κ3) is 2.06. The molecule has 0 saturated heterocycles. The van der Waals surface area contributed by atoms with Gasteiger partial charge in [0.15, 0.2) is 0 Å². The van der Waals surface area contributed by atoms with Crippen LogP contribution in [-0.4, -0.2) is 9.55 Å². The second-order valence-electron chi connectivity index (χ2n) is 5.56. The molecule has 1 aromatic carbocycles. The molecule has 1 aliphatic carbocycles. The summed E-state index contributed by atoms with van der Waals surface area (Å²) in [5, 5.41) is 9.01. The normalized spacial score (nSPS) is 22.7. The van der Waals surface area contributed by atoms with E-state index >= 15 is 0 Å². The van der Waals surface area contributed by atoms with Crippen molar-refractivity contribution in [3.05, 3.63) is 23.8 Å². The molecule has 4 heteroatoms. The number of imidazole rings is 1. The van der Waals surface area contributed by atoms with Gasteiger partial charge in [0.05, 0.1) is 22.7 Å². The highest BCUT2D eigenvalue weighted by molar-refractivity contribution is 5.79. The molecule has 1 saturated carbocycles. The maximum absolute atomic E-state index is 9.01. The highest BCUT2D eigenvalue weighted by Crippen LogP contribution is 2.34. The quantitative estimate of drug-likeness (QED) is 0.896. The summed E-state index contributed by atoms with van der Waals surface area (Å²) >= 11 is 0. The first-order chi connectivity index (χ1) is 9.19. The molecule has 1 heterocycles. The van der Waals surface area contributed by atoms with Crippen molar-refractivity contribution in [2.24, 2.45) is 11.8 Å². The summed E-state index contributed by atoms with van der Waals surface area (Å²) in [7, 11) is 0. The Kier molecular flexibility index (Phi) is 2.90. The van der Waals surface area contributed by atoms with Gasteiger partial charge in [-0.2, -0.15) is 5.26 Å². The Bertz CT molecular complexity index is 650. The summed E-state index contributed by atoms with van der Waals surface area (Å²) in [5.74, 6) is 1.98. The molecule has 0 amide bonds. The zero-order valence-electron chi connectivity index (χ0n) is 11.1. The van der Waals surface area contributed by atoms with E-state index in [1.807, 2.05) is 12.1 Å². The van der Waals surface area contributed by atoms with Crippen LogP contribution in [0.15, 0.2) is 18.2 Å². The van der Waals surface area contributed by atoms with Crippen LogP contribution in [0.5, 0.6) is 0 Å². The van der Waals surface area contributed by atoms with Gasteiger partial charge in [0.2, 0.25) is 5.95 Å². The van der Waals surface area contributed by atoms with E-state index in [-0.39, 0.29) is 0 Å². The van der Waals surface area contributed by atoms with Gasteiger partial charge in [-0.25, -0.2) is 4.98 Å². The summed E-state index contributed by atoms with van der Waals surface area (Å²) in [6, 6.07) is 7.73. The molecule has 1 aromatic heterocycles. The molecular formula is C15H18N4. The fourth-order valence-electron chi connectivity index (χ4n) is 3.13. The molecule has 0 spiro atoms. The van der Waals surface area contributed by atoms with Crippen LogP contribution in [0.4, 0.5) is 5.95 Å². The predicted molar refractivity (Wildman–Crippen MR) is 75.4 cm³/mol. The molecule has 2 aromatic rings. The molecule has 0 aliphatic heterocycles. The Balaban J connectivity index is 2.02. The monoisotopic (exact) mass is 254 g/mol. The smallest absolute Gasteiger partial charge is 0.201 e. The van der Waals surface area contributed by atoms with E-state index in [0.717, 1.165) is 23.5 Å². The Morgan fingerprint density at radius 1 is 1.47 bits per heavy atom. The minimum atomic E-state index is 0.559. The third-order valence-electron chi connectivity index (χ3n) is 4.36. The Morgan fingerprint density at radius 3 is 3.00 bits per heavy atom. The van der Waals surface area contributed by atoms with Gasteiger partial charge in [0.25, 0.3) is 0 Å². The molecule has 3 rings (SSSR count). The molecule has 4 nitrogen and oxygen atoms in total. The zero-order valence-corrected chi connectivity index (χ0v) is 11.1. The largest absolute Gasteiger partial charge is 0.369 e. The van der Waals surface area contributed by atoms with Gasteiger partial charge in [-0.15, -0.1) is 0 Å². The van der Waals surface area contributed by atoms with Gasteiger partial charge in [-0.05, 0) is 36.5 Å². The third-order valence-corrected chi connectivity index (χ3v) is 4.36. The van der Waals surface area contributed by atoms with Crippen molar-refractivity contribution in [3.63, 3.8) is 0 Å². The van der Waals surface area contributed by atoms with Crippen LogP contribution in [0.1, 0.15) is 31.7 Å². The van der Waals surface area contributed by atoms with Crippen LogP contribution in [0, 0.1) is 23.2 Å². The number of nitrogens with zero attached hydrogens (tertiary/aromatic N) is 3. The van der Waals surface area contributed by atoms with Crippen molar-refractivity contribution in [2.45, 2.75) is 32.7 Å². The number of hydrogen-bond donors (Lipinski definition) is 1. The van der Waals surface area contributed by atoms with Crippen LogP contribution in [0.2, 0.25) is 0 Å². The van der Waals surface area contributed by atoms with Crippen molar-refractivity contribution in [1.29, 1.82) is 5.26 Å². The van der Waals surface area contributed by atoms with E-state index in [9.17, 15) is 0 Å². The molecular weight excluding hydrogens is 236 g/mol. The maximum atomic E-state index is 9.01. The summed E-state index contributed by atoms with van der Waals surface area (Å²) in [5.41, 5.74) is 8.56. The number of nitrogens with two attached hydrogens (primary N) is 1. The zero-order chi connectivity index (χ0) is 13.4. The average Bonchev–Trinajstić information content (AvgIpc) is 2.94. The number of nitrogen functional groups attached to an aromatic ring is 1. The number of fused-ring (bicyclic) bond motifs is 1. The number of aromatic nitrogens is 2. The van der Waals surface area contributed by atoms with Gasteiger partial charge < -0.3 is 10.3 Å². The first-order valence-corrected chi connectivity index (χ1v) is 6.85. The van der Waals surface area contributed by atoms with Gasteiger partial charge in [-0.1, -0.05) is 19.8 Å². The predicted octanol–water partition coefficient (Wildman–Crippen LogP) is 2.93. The molecule has 2 atom stereocenters. The number of anilines is 1. The van der Waals surface area contributed by atoms with Gasteiger partial charge in [0.1, 0.15) is 0 Å². The lowest BCUT2D eigenvalue weighted by molar-refractivity contribution is 0.370. The molecule has 0 bridgehead atoms. The highest BCUT2D eigenvalue weighted by atomic mass is 15.2. The van der Waals surface area contributed by atoms with E-state index in [2.05, 4.69) is 22.5 Å². The molecule has 98 valence electrons. The average molecular weight is 254 g/mol. The van der Waals surface area contributed by atoms with Crippen molar-refractivity contribution < 1.29 is 0 Å². The highest BCUT2D eigenvalue weighted by Gasteiger charge is 2.25. The minimum absolute atomic E-state index is 0.559. The fraction of sp³-hybridized carbons (Fsp3) is 0.467. The van der Waals surface area contributed by atoms with Gasteiger partial charge in [-0.3, -0.25) is 0 Å².